The largest absolute Gasteiger partial charge is 0.423 e. The van der Waals surface area contributed by atoms with E-state index in [1.807, 2.05) is 25.4 Å². The molecule has 3 heterocycles. The maximum atomic E-state index is 13.3. The van der Waals surface area contributed by atoms with Crippen LogP contribution in [0.5, 0.6) is 0 Å². The number of nitrogens with zero attached hydrogens (tertiary/aromatic N) is 4. The van der Waals surface area contributed by atoms with E-state index in [-0.39, 0.29) is 5.82 Å². The van der Waals surface area contributed by atoms with Gasteiger partial charge in [-0.25, -0.2) is 4.39 Å². The summed E-state index contributed by atoms with van der Waals surface area (Å²) in [5.41, 5.74) is 2.34. The molecule has 6 heteroatoms. The highest BCUT2D eigenvalue weighted by Crippen LogP contribution is 2.26. The fourth-order valence-electron chi connectivity index (χ4n) is 3.54. The van der Waals surface area contributed by atoms with Crippen LogP contribution in [0.15, 0.2) is 47.0 Å². The SMILES string of the molecule is CN(c1nc2cc(F)ccc2o1)C1CCN(CCc2ccccn2)CC1. The molecule has 3 aromatic rings. The zero-order valence-corrected chi connectivity index (χ0v) is 14.9. The minimum atomic E-state index is -0.291. The number of rotatable bonds is 5. The Labute approximate surface area is 152 Å². The van der Waals surface area contributed by atoms with Gasteiger partial charge in [0.15, 0.2) is 5.58 Å². The molecule has 2 aromatic heterocycles. The Morgan fingerprint density at radius 2 is 2.08 bits per heavy atom. The van der Waals surface area contributed by atoms with E-state index in [2.05, 4.69) is 25.8 Å². The first-order valence-electron chi connectivity index (χ1n) is 9.10. The summed E-state index contributed by atoms with van der Waals surface area (Å²) < 4.78 is 19.1. The zero-order valence-electron chi connectivity index (χ0n) is 14.9. The summed E-state index contributed by atoms with van der Waals surface area (Å²) >= 11 is 0. The van der Waals surface area contributed by atoms with Crippen molar-refractivity contribution in [1.82, 2.24) is 14.9 Å². The molecule has 1 saturated heterocycles. The number of fused-ring (bicyclic) bond motifs is 1. The van der Waals surface area contributed by atoms with Crippen LogP contribution >= 0.6 is 0 Å². The average molecular weight is 354 g/mol. The van der Waals surface area contributed by atoms with Crippen LogP contribution in [0.25, 0.3) is 11.1 Å². The summed E-state index contributed by atoms with van der Waals surface area (Å²) in [6, 6.07) is 11.5. The van der Waals surface area contributed by atoms with Crippen LogP contribution in [0.1, 0.15) is 18.5 Å². The quantitative estimate of drug-likeness (QED) is 0.702. The van der Waals surface area contributed by atoms with Crippen molar-refractivity contribution < 1.29 is 8.81 Å². The molecule has 4 rings (SSSR count). The zero-order chi connectivity index (χ0) is 17.9. The molecule has 0 amide bonds. The van der Waals surface area contributed by atoms with Crippen LogP contribution in [-0.2, 0) is 6.42 Å². The van der Waals surface area contributed by atoms with E-state index in [9.17, 15) is 4.39 Å². The van der Waals surface area contributed by atoms with Gasteiger partial charge in [-0.05, 0) is 37.1 Å². The first-order chi connectivity index (χ1) is 12.7. The molecular weight excluding hydrogens is 331 g/mol. The lowest BCUT2D eigenvalue weighted by atomic mass is 10.0. The Morgan fingerprint density at radius 3 is 2.85 bits per heavy atom. The molecule has 1 aliphatic rings. The van der Waals surface area contributed by atoms with E-state index in [1.54, 1.807) is 6.07 Å². The highest BCUT2D eigenvalue weighted by atomic mass is 19.1. The number of hydrogen-bond donors (Lipinski definition) is 0. The maximum Gasteiger partial charge on any atom is 0.298 e. The number of halogens is 1. The third kappa shape index (κ3) is 3.70. The van der Waals surface area contributed by atoms with Crippen molar-refractivity contribution in [1.29, 1.82) is 0 Å². The number of hydrogen-bond acceptors (Lipinski definition) is 5. The third-order valence-electron chi connectivity index (χ3n) is 5.16. The molecule has 1 aromatic carbocycles. The molecule has 0 spiro atoms. The smallest absolute Gasteiger partial charge is 0.298 e. The Morgan fingerprint density at radius 1 is 1.23 bits per heavy atom. The first-order valence-corrected chi connectivity index (χ1v) is 9.10. The number of aromatic nitrogens is 2. The summed E-state index contributed by atoms with van der Waals surface area (Å²) in [5, 5.41) is 0. The topological polar surface area (TPSA) is 45.4 Å². The van der Waals surface area contributed by atoms with Gasteiger partial charge in [0, 0.05) is 57.1 Å². The van der Waals surface area contributed by atoms with Gasteiger partial charge in [-0.2, -0.15) is 4.98 Å². The van der Waals surface area contributed by atoms with Gasteiger partial charge >= 0.3 is 0 Å². The van der Waals surface area contributed by atoms with Crippen LogP contribution in [0.2, 0.25) is 0 Å². The number of likely N-dealkylation sites (tertiary alicyclic amines) is 1. The summed E-state index contributed by atoms with van der Waals surface area (Å²) in [7, 11) is 2.01. The van der Waals surface area contributed by atoms with Crippen LogP contribution in [0, 0.1) is 5.82 Å². The fourth-order valence-corrected chi connectivity index (χ4v) is 3.54. The molecule has 0 N–H and O–H groups in total. The summed E-state index contributed by atoms with van der Waals surface area (Å²) in [4.78, 5) is 13.4. The molecule has 0 bridgehead atoms. The van der Waals surface area contributed by atoms with E-state index >= 15 is 0 Å². The molecule has 136 valence electrons. The van der Waals surface area contributed by atoms with E-state index in [0.29, 0.717) is 23.2 Å². The highest BCUT2D eigenvalue weighted by Gasteiger charge is 2.25. The molecule has 0 atom stereocenters. The standard InChI is InChI=1S/C20H23FN4O/c1-24(20-23-18-14-15(21)5-6-19(18)26-20)17-8-12-25(13-9-17)11-7-16-4-2-3-10-22-16/h2-6,10,14,17H,7-9,11-13H2,1H3. The molecule has 0 unspecified atom stereocenters. The second-order valence-electron chi connectivity index (χ2n) is 6.86. The molecule has 0 radical (unpaired) electrons. The van der Waals surface area contributed by atoms with Gasteiger partial charge in [0.05, 0.1) is 0 Å². The number of anilines is 1. The molecule has 26 heavy (non-hydrogen) atoms. The molecular formula is C20H23FN4O. The van der Waals surface area contributed by atoms with Gasteiger partial charge in [0.25, 0.3) is 6.01 Å². The van der Waals surface area contributed by atoms with Crippen molar-refractivity contribution in [2.45, 2.75) is 25.3 Å². The predicted octanol–water partition coefficient (Wildman–Crippen LogP) is 3.51. The number of piperidine rings is 1. The lowest BCUT2D eigenvalue weighted by molar-refractivity contribution is 0.210. The number of benzene rings is 1. The summed E-state index contributed by atoms with van der Waals surface area (Å²) in [6.45, 7) is 3.14. The van der Waals surface area contributed by atoms with Crippen LogP contribution in [0.3, 0.4) is 0 Å². The van der Waals surface area contributed by atoms with Gasteiger partial charge in [-0.3, -0.25) is 4.98 Å². The minimum absolute atomic E-state index is 0.291. The van der Waals surface area contributed by atoms with Gasteiger partial charge < -0.3 is 14.2 Å². The Balaban J connectivity index is 1.33. The van der Waals surface area contributed by atoms with Crippen LogP contribution in [-0.4, -0.2) is 47.6 Å². The van der Waals surface area contributed by atoms with Crippen molar-refractivity contribution in [3.05, 3.63) is 54.1 Å². The lowest BCUT2D eigenvalue weighted by Crippen LogP contribution is -2.44. The second kappa shape index (κ2) is 7.41. The van der Waals surface area contributed by atoms with Gasteiger partial charge in [-0.1, -0.05) is 6.07 Å². The first kappa shape index (κ1) is 17.0. The minimum Gasteiger partial charge on any atom is -0.423 e. The summed E-state index contributed by atoms with van der Waals surface area (Å²) in [6.07, 6.45) is 4.96. The molecule has 1 aliphatic heterocycles. The van der Waals surface area contributed by atoms with E-state index < -0.39 is 0 Å². The molecule has 1 fully saturated rings. The van der Waals surface area contributed by atoms with E-state index in [0.717, 1.165) is 44.6 Å². The highest BCUT2D eigenvalue weighted by molar-refractivity contribution is 5.74. The van der Waals surface area contributed by atoms with E-state index in [4.69, 9.17) is 4.42 Å². The summed E-state index contributed by atoms with van der Waals surface area (Å²) in [5.74, 6) is -0.291. The van der Waals surface area contributed by atoms with E-state index in [1.165, 1.54) is 12.1 Å². The van der Waals surface area contributed by atoms with Gasteiger partial charge in [0.1, 0.15) is 11.3 Å². The average Bonchev–Trinajstić information content (AvgIpc) is 3.10. The second-order valence-corrected chi connectivity index (χ2v) is 6.86. The molecule has 5 nitrogen and oxygen atoms in total. The molecule has 0 aliphatic carbocycles. The van der Waals surface area contributed by atoms with Crippen LogP contribution < -0.4 is 4.90 Å². The Bertz CT molecular complexity index is 859. The normalized spacial score (nSPS) is 16.2. The lowest BCUT2D eigenvalue weighted by Gasteiger charge is -2.36. The fraction of sp³-hybridized carbons (Fsp3) is 0.400. The van der Waals surface area contributed by atoms with Gasteiger partial charge in [-0.15, -0.1) is 0 Å². The van der Waals surface area contributed by atoms with Crippen molar-refractivity contribution in [3.63, 3.8) is 0 Å². The number of pyridine rings is 1. The third-order valence-corrected chi connectivity index (χ3v) is 5.16. The Hall–Kier alpha value is -2.47. The number of oxazole rings is 1. The Kier molecular flexibility index (Phi) is 4.84. The maximum absolute atomic E-state index is 13.3. The van der Waals surface area contributed by atoms with Crippen molar-refractivity contribution in [2.24, 2.45) is 0 Å². The van der Waals surface area contributed by atoms with Crippen molar-refractivity contribution in [2.75, 3.05) is 31.6 Å². The predicted molar refractivity (Wildman–Crippen MR) is 99.8 cm³/mol. The van der Waals surface area contributed by atoms with Crippen molar-refractivity contribution >= 4 is 17.1 Å². The van der Waals surface area contributed by atoms with Crippen LogP contribution in [0.4, 0.5) is 10.4 Å². The van der Waals surface area contributed by atoms with Crippen molar-refractivity contribution in [3.8, 4) is 0 Å². The monoisotopic (exact) mass is 354 g/mol. The van der Waals surface area contributed by atoms with Gasteiger partial charge in [0.2, 0.25) is 0 Å². The molecule has 0 saturated carbocycles.